The molecule has 0 aliphatic carbocycles. The lowest BCUT2D eigenvalue weighted by molar-refractivity contribution is -0.0497. The predicted molar refractivity (Wildman–Crippen MR) is 83.7 cm³/mol. The quantitative estimate of drug-likeness (QED) is 0.884. The Morgan fingerprint density at radius 1 is 1.29 bits per heavy atom. The highest BCUT2D eigenvalue weighted by atomic mass is 35.5. The minimum atomic E-state index is 0. The van der Waals surface area contributed by atoms with Gasteiger partial charge in [-0.1, -0.05) is 12.1 Å². The van der Waals surface area contributed by atoms with Crippen LogP contribution in [-0.4, -0.2) is 63.5 Å². The maximum absolute atomic E-state index is 5.85. The van der Waals surface area contributed by atoms with E-state index < -0.39 is 0 Å². The molecule has 21 heavy (non-hydrogen) atoms. The van der Waals surface area contributed by atoms with Gasteiger partial charge in [-0.25, -0.2) is 0 Å². The fourth-order valence-corrected chi connectivity index (χ4v) is 2.95. The summed E-state index contributed by atoms with van der Waals surface area (Å²) in [4.78, 5) is 2.46. The molecule has 0 bridgehead atoms. The molecule has 2 fully saturated rings. The molecule has 118 valence electrons. The van der Waals surface area contributed by atoms with Crippen LogP contribution in [0.3, 0.4) is 0 Å². The molecule has 1 aromatic carbocycles. The normalized spacial score (nSPS) is 25.0. The van der Waals surface area contributed by atoms with Gasteiger partial charge in [0.25, 0.3) is 0 Å². The number of rotatable bonds is 5. The maximum atomic E-state index is 5.85. The second-order valence-corrected chi connectivity index (χ2v) is 5.17. The number of morpholine rings is 1. The van der Waals surface area contributed by atoms with Gasteiger partial charge in [0.1, 0.15) is 6.61 Å². The minimum Gasteiger partial charge on any atom is -0.493 e. The molecule has 5 nitrogen and oxygen atoms in total. The second-order valence-electron chi connectivity index (χ2n) is 5.17. The number of ether oxygens (including phenoxy) is 3. The zero-order chi connectivity index (χ0) is 13.8. The number of benzene rings is 1. The SMILES string of the molecule is COc1ccccc1OCCN1CCO[C@H]2CNC[C@H]21.Cl. The first-order chi connectivity index (χ1) is 9.88. The van der Waals surface area contributed by atoms with Crippen molar-refractivity contribution >= 4 is 12.4 Å². The van der Waals surface area contributed by atoms with E-state index >= 15 is 0 Å². The van der Waals surface area contributed by atoms with Gasteiger partial charge in [-0.15, -0.1) is 12.4 Å². The summed E-state index contributed by atoms with van der Waals surface area (Å²) < 4.78 is 16.9. The summed E-state index contributed by atoms with van der Waals surface area (Å²) in [6, 6.07) is 8.26. The molecular formula is C15H23ClN2O3. The van der Waals surface area contributed by atoms with Gasteiger partial charge in [-0.05, 0) is 12.1 Å². The summed E-state index contributed by atoms with van der Waals surface area (Å²) in [7, 11) is 1.67. The average Bonchev–Trinajstić information content (AvgIpc) is 2.97. The molecule has 6 heteroatoms. The Morgan fingerprint density at radius 3 is 2.90 bits per heavy atom. The number of para-hydroxylation sites is 2. The Hall–Kier alpha value is -1.01. The van der Waals surface area contributed by atoms with Crippen LogP contribution in [0.5, 0.6) is 11.5 Å². The predicted octanol–water partition coefficient (Wildman–Crippen LogP) is 1.17. The fourth-order valence-electron chi connectivity index (χ4n) is 2.95. The van der Waals surface area contributed by atoms with E-state index in [0.717, 1.165) is 44.3 Å². The number of hydrogen-bond acceptors (Lipinski definition) is 5. The smallest absolute Gasteiger partial charge is 0.161 e. The first-order valence-electron chi connectivity index (χ1n) is 7.20. The molecular weight excluding hydrogens is 292 g/mol. The van der Waals surface area contributed by atoms with Crippen LogP contribution in [-0.2, 0) is 4.74 Å². The van der Waals surface area contributed by atoms with Crippen molar-refractivity contribution < 1.29 is 14.2 Å². The molecule has 2 aliphatic heterocycles. The zero-order valence-corrected chi connectivity index (χ0v) is 13.1. The molecule has 2 atom stereocenters. The third-order valence-corrected chi connectivity index (χ3v) is 4.01. The van der Waals surface area contributed by atoms with Gasteiger partial charge < -0.3 is 19.5 Å². The van der Waals surface area contributed by atoms with E-state index in [2.05, 4.69) is 10.2 Å². The van der Waals surface area contributed by atoms with Crippen molar-refractivity contribution in [2.24, 2.45) is 0 Å². The summed E-state index contributed by atoms with van der Waals surface area (Å²) in [5.74, 6) is 1.60. The molecule has 0 aromatic heterocycles. The molecule has 1 aromatic rings. The van der Waals surface area contributed by atoms with E-state index in [0.29, 0.717) is 18.8 Å². The Balaban J connectivity index is 0.00000161. The van der Waals surface area contributed by atoms with Crippen LogP contribution < -0.4 is 14.8 Å². The minimum absolute atomic E-state index is 0. The van der Waals surface area contributed by atoms with Crippen molar-refractivity contribution in [3.63, 3.8) is 0 Å². The number of nitrogens with one attached hydrogen (secondary N) is 1. The number of nitrogens with zero attached hydrogens (tertiary/aromatic N) is 1. The number of fused-ring (bicyclic) bond motifs is 1. The molecule has 0 amide bonds. The Kier molecular flexibility index (Phi) is 6.11. The summed E-state index contributed by atoms with van der Waals surface area (Å²) in [6.07, 6.45) is 0.343. The lowest BCUT2D eigenvalue weighted by atomic mass is 10.1. The van der Waals surface area contributed by atoms with Gasteiger partial charge in [0, 0.05) is 32.2 Å². The van der Waals surface area contributed by atoms with E-state index in [1.807, 2.05) is 24.3 Å². The van der Waals surface area contributed by atoms with Crippen molar-refractivity contribution in [2.45, 2.75) is 12.1 Å². The Bertz CT molecular complexity index is 447. The Morgan fingerprint density at radius 2 is 2.10 bits per heavy atom. The monoisotopic (exact) mass is 314 g/mol. The number of halogens is 1. The first-order valence-corrected chi connectivity index (χ1v) is 7.20. The molecule has 0 radical (unpaired) electrons. The van der Waals surface area contributed by atoms with Crippen LogP contribution in [0.1, 0.15) is 0 Å². The highest BCUT2D eigenvalue weighted by Gasteiger charge is 2.35. The Labute approximate surface area is 132 Å². The van der Waals surface area contributed by atoms with Crippen LogP contribution >= 0.6 is 12.4 Å². The lowest BCUT2D eigenvalue weighted by Gasteiger charge is -2.36. The standard InChI is InChI=1S/C15H22N2O3.ClH/c1-18-13-4-2-3-5-14(13)19-8-6-17-7-9-20-15-11-16-10-12(15)17;/h2-5,12,15-16H,6-11H2,1H3;1H/t12-,15+;/m1./s1. The van der Waals surface area contributed by atoms with Gasteiger partial charge in [-0.3, -0.25) is 4.90 Å². The summed E-state index contributed by atoms with van der Waals surface area (Å²) >= 11 is 0. The van der Waals surface area contributed by atoms with Gasteiger partial charge >= 0.3 is 0 Å². The van der Waals surface area contributed by atoms with E-state index in [1.165, 1.54) is 0 Å². The van der Waals surface area contributed by atoms with Crippen LogP contribution in [0.15, 0.2) is 24.3 Å². The van der Waals surface area contributed by atoms with Crippen molar-refractivity contribution in [1.82, 2.24) is 10.2 Å². The third kappa shape index (κ3) is 3.80. The number of hydrogen-bond donors (Lipinski definition) is 1. The molecule has 0 saturated carbocycles. The highest BCUT2D eigenvalue weighted by molar-refractivity contribution is 5.85. The van der Waals surface area contributed by atoms with Crippen LogP contribution in [0.4, 0.5) is 0 Å². The molecule has 2 aliphatic rings. The van der Waals surface area contributed by atoms with Crippen molar-refractivity contribution in [3.05, 3.63) is 24.3 Å². The topological polar surface area (TPSA) is 43.0 Å². The highest BCUT2D eigenvalue weighted by Crippen LogP contribution is 2.26. The van der Waals surface area contributed by atoms with E-state index in [-0.39, 0.29) is 12.4 Å². The molecule has 2 saturated heterocycles. The summed E-state index contributed by atoms with van der Waals surface area (Å²) in [6.45, 7) is 5.37. The van der Waals surface area contributed by atoms with Crippen molar-refractivity contribution in [3.8, 4) is 11.5 Å². The fraction of sp³-hybridized carbons (Fsp3) is 0.600. The number of methoxy groups -OCH3 is 1. The van der Waals surface area contributed by atoms with E-state index in [4.69, 9.17) is 14.2 Å². The maximum Gasteiger partial charge on any atom is 0.161 e. The zero-order valence-electron chi connectivity index (χ0n) is 12.3. The average molecular weight is 315 g/mol. The van der Waals surface area contributed by atoms with Crippen LogP contribution in [0, 0.1) is 0 Å². The van der Waals surface area contributed by atoms with Gasteiger partial charge in [0.15, 0.2) is 11.5 Å². The van der Waals surface area contributed by atoms with Gasteiger partial charge in [0.2, 0.25) is 0 Å². The van der Waals surface area contributed by atoms with Crippen molar-refractivity contribution in [2.75, 3.05) is 46.5 Å². The van der Waals surface area contributed by atoms with Gasteiger partial charge in [0.05, 0.1) is 19.8 Å². The molecule has 0 unspecified atom stereocenters. The van der Waals surface area contributed by atoms with E-state index in [1.54, 1.807) is 7.11 Å². The summed E-state index contributed by atoms with van der Waals surface area (Å²) in [5, 5.41) is 3.39. The molecule has 1 N–H and O–H groups in total. The van der Waals surface area contributed by atoms with Crippen LogP contribution in [0.2, 0.25) is 0 Å². The molecule has 2 heterocycles. The van der Waals surface area contributed by atoms with Crippen LogP contribution in [0.25, 0.3) is 0 Å². The lowest BCUT2D eigenvalue weighted by Crippen LogP contribution is -2.51. The van der Waals surface area contributed by atoms with Crippen molar-refractivity contribution in [1.29, 1.82) is 0 Å². The first kappa shape index (κ1) is 16.4. The second kappa shape index (κ2) is 7.84. The summed E-state index contributed by atoms with van der Waals surface area (Å²) in [5.41, 5.74) is 0. The third-order valence-electron chi connectivity index (χ3n) is 4.01. The largest absolute Gasteiger partial charge is 0.493 e. The van der Waals surface area contributed by atoms with E-state index in [9.17, 15) is 0 Å². The molecule has 0 spiro atoms. The van der Waals surface area contributed by atoms with Gasteiger partial charge in [-0.2, -0.15) is 0 Å². The molecule has 3 rings (SSSR count).